The Balaban J connectivity index is 1.73. The van der Waals surface area contributed by atoms with Gasteiger partial charge in [-0.2, -0.15) is 8.42 Å². The van der Waals surface area contributed by atoms with E-state index in [2.05, 4.69) is 0 Å². The molecule has 152 valence electrons. The maximum absolute atomic E-state index is 14.4. The van der Waals surface area contributed by atoms with Crippen molar-refractivity contribution in [1.29, 1.82) is 0 Å². The van der Waals surface area contributed by atoms with Gasteiger partial charge in [0, 0.05) is 35.1 Å². The Kier molecular flexibility index (Phi) is 4.46. The molecule has 2 aliphatic rings. The minimum atomic E-state index is -4.48. The van der Waals surface area contributed by atoms with Gasteiger partial charge in [-0.25, -0.2) is 17.6 Å². The summed E-state index contributed by atoms with van der Waals surface area (Å²) in [6.07, 6.45) is 1.60. The van der Waals surface area contributed by atoms with Crippen molar-refractivity contribution in [3.05, 3.63) is 80.9 Å². The first-order valence-electron chi connectivity index (χ1n) is 8.33. The van der Waals surface area contributed by atoms with Crippen LogP contribution < -0.4 is 0 Å². The zero-order valence-electron chi connectivity index (χ0n) is 14.3. The Morgan fingerprint density at radius 2 is 1.55 bits per heavy atom. The molecule has 6 nitrogen and oxygen atoms in total. The molecule has 11 heteroatoms. The number of allylic oxidation sites excluding steroid dienone is 1. The monoisotopic (exact) mass is 429 g/mol. The highest BCUT2D eigenvalue weighted by atomic mass is 32.2. The van der Waals surface area contributed by atoms with Crippen LogP contribution in [0.5, 0.6) is 0 Å². The first kappa shape index (κ1) is 19.5. The summed E-state index contributed by atoms with van der Waals surface area (Å²) in [5.74, 6) is -9.28. The molecule has 0 spiro atoms. The molecule has 0 saturated heterocycles. The molecule has 2 aliphatic carbocycles. The number of halogens is 4. The van der Waals surface area contributed by atoms with Crippen LogP contribution >= 0.6 is 0 Å². The minimum Gasteiger partial charge on any atom is -0.261 e. The van der Waals surface area contributed by atoms with Crippen molar-refractivity contribution in [3.8, 4) is 0 Å². The molecule has 3 atom stereocenters. The number of hydrogen-bond acceptors (Lipinski definition) is 5. The van der Waals surface area contributed by atoms with E-state index in [-0.39, 0.29) is 12.1 Å². The SMILES string of the molecule is O=[N+]([O-])c1ccc(S(=O)(=O)OC2C3C=CCC2c2c(F)c(F)c(F)c(F)c23)cc1. The molecule has 0 aliphatic heterocycles. The summed E-state index contributed by atoms with van der Waals surface area (Å²) < 4.78 is 86.5. The van der Waals surface area contributed by atoms with Gasteiger partial charge in [0.15, 0.2) is 23.3 Å². The van der Waals surface area contributed by atoms with Gasteiger partial charge in [-0.05, 0) is 18.6 Å². The van der Waals surface area contributed by atoms with Crippen molar-refractivity contribution in [1.82, 2.24) is 0 Å². The van der Waals surface area contributed by atoms with Crippen molar-refractivity contribution < 1.29 is 35.1 Å². The second kappa shape index (κ2) is 6.63. The number of rotatable bonds is 4. The molecule has 0 saturated carbocycles. The van der Waals surface area contributed by atoms with Gasteiger partial charge in [0.05, 0.1) is 15.9 Å². The quantitative estimate of drug-likeness (QED) is 0.139. The molecule has 2 bridgehead atoms. The fourth-order valence-corrected chi connectivity index (χ4v) is 4.95. The summed E-state index contributed by atoms with van der Waals surface area (Å²) in [5, 5.41) is 10.7. The summed E-state index contributed by atoms with van der Waals surface area (Å²) >= 11 is 0. The molecule has 2 aromatic rings. The minimum absolute atomic E-state index is 0.0331. The highest BCUT2D eigenvalue weighted by Crippen LogP contribution is 2.52. The lowest BCUT2D eigenvalue weighted by atomic mass is 9.89. The molecular weight excluding hydrogens is 418 g/mol. The third-order valence-corrected chi connectivity index (χ3v) is 6.43. The van der Waals surface area contributed by atoms with E-state index in [4.69, 9.17) is 4.18 Å². The highest BCUT2D eigenvalue weighted by molar-refractivity contribution is 7.86. The number of nitro benzene ring substituents is 1. The first-order valence-corrected chi connectivity index (χ1v) is 9.74. The number of benzene rings is 2. The van der Waals surface area contributed by atoms with Gasteiger partial charge in [-0.1, -0.05) is 12.2 Å². The predicted octanol–water partition coefficient (Wildman–Crippen LogP) is 4.07. The van der Waals surface area contributed by atoms with E-state index in [1.54, 1.807) is 0 Å². The average molecular weight is 429 g/mol. The highest BCUT2D eigenvalue weighted by Gasteiger charge is 2.49. The van der Waals surface area contributed by atoms with Crippen LogP contribution in [0.1, 0.15) is 29.4 Å². The third kappa shape index (κ3) is 2.92. The molecule has 2 aromatic carbocycles. The lowest BCUT2D eigenvalue weighted by molar-refractivity contribution is -0.384. The van der Waals surface area contributed by atoms with Gasteiger partial charge in [0.1, 0.15) is 0 Å². The Hall–Kier alpha value is -2.79. The molecule has 0 fully saturated rings. The van der Waals surface area contributed by atoms with Crippen molar-refractivity contribution >= 4 is 15.8 Å². The molecule has 3 unspecified atom stereocenters. The van der Waals surface area contributed by atoms with Gasteiger partial charge >= 0.3 is 0 Å². The third-order valence-electron chi connectivity index (χ3n) is 5.10. The number of nitrogens with zero attached hydrogens (tertiary/aromatic N) is 1. The van der Waals surface area contributed by atoms with Gasteiger partial charge in [0.25, 0.3) is 15.8 Å². The summed E-state index contributed by atoms with van der Waals surface area (Å²) in [6.45, 7) is 0. The summed E-state index contributed by atoms with van der Waals surface area (Å²) in [6, 6.07) is 3.85. The van der Waals surface area contributed by atoms with Crippen LogP contribution in [0.2, 0.25) is 0 Å². The van der Waals surface area contributed by atoms with E-state index >= 15 is 0 Å². The molecule has 29 heavy (non-hydrogen) atoms. The number of non-ortho nitro benzene ring substituents is 1. The van der Waals surface area contributed by atoms with Gasteiger partial charge in [0.2, 0.25) is 0 Å². The van der Waals surface area contributed by atoms with Crippen molar-refractivity contribution in [2.24, 2.45) is 0 Å². The van der Waals surface area contributed by atoms with Crippen LogP contribution in [0, 0.1) is 33.4 Å². The van der Waals surface area contributed by atoms with E-state index < -0.39 is 72.3 Å². The normalized spacial score (nSPS) is 22.6. The zero-order chi connectivity index (χ0) is 21.1. The van der Waals surface area contributed by atoms with Crippen LogP contribution in [-0.2, 0) is 14.3 Å². The van der Waals surface area contributed by atoms with Crippen LogP contribution in [0.15, 0.2) is 41.3 Å². The van der Waals surface area contributed by atoms with E-state index in [0.29, 0.717) is 0 Å². The van der Waals surface area contributed by atoms with Crippen molar-refractivity contribution in [2.75, 3.05) is 0 Å². The molecule has 0 amide bonds. The molecule has 0 heterocycles. The van der Waals surface area contributed by atoms with E-state index in [9.17, 15) is 36.1 Å². The average Bonchev–Trinajstić information content (AvgIpc) is 2.85. The van der Waals surface area contributed by atoms with Crippen molar-refractivity contribution in [2.45, 2.75) is 29.3 Å². The fourth-order valence-electron chi connectivity index (χ4n) is 3.83. The van der Waals surface area contributed by atoms with Gasteiger partial charge in [-0.15, -0.1) is 0 Å². The molecule has 0 N–H and O–H groups in total. The molecule has 0 radical (unpaired) electrons. The largest absolute Gasteiger partial charge is 0.297 e. The van der Waals surface area contributed by atoms with Crippen molar-refractivity contribution in [3.63, 3.8) is 0 Å². The number of nitro groups is 1. The van der Waals surface area contributed by atoms with Gasteiger partial charge < -0.3 is 0 Å². The molecule has 0 aromatic heterocycles. The predicted molar refractivity (Wildman–Crippen MR) is 90.7 cm³/mol. The fraction of sp³-hybridized carbons (Fsp3) is 0.222. The number of hydrogen-bond donors (Lipinski definition) is 0. The lowest BCUT2D eigenvalue weighted by Crippen LogP contribution is -2.27. The van der Waals surface area contributed by atoms with Crippen LogP contribution in [-0.4, -0.2) is 19.4 Å². The maximum Gasteiger partial charge on any atom is 0.297 e. The van der Waals surface area contributed by atoms with Crippen LogP contribution in [0.25, 0.3) is 0 Å². The van der Waals surface area contributed by atoms with E-state index in [1.807, 2.05) is 0 Å². The second-order valence-electron chi connectivity index (χ2n) is 6.65. The second-order valence-corrected chi connectivity index (χ2v) is 8.22. The smallest absolute Gasteiger partial charge is 0.261 e. The van der Waals surface area contributed by atoms with Crippen LogP contribution in [0.4, 0.5) is 23.2 Å². The Labute approximate surface area is 161 Å². The summed E-state index contributed by atoms with van der Waals surface area (Å²) in [7, 11) is -4.48. The van der Waals surface area contributed by atoms with Gasteiger partial charge in [-0.3, -0.25) is 14.3 Å². The number of fused-ring (bicyclic) bond motifs is 5. The topological polar surface area (TPSA) is 86.5 Å². The Morgan fingerprint density at radius 3 is 2.14 bits per heavy atom. The van der Waals surface area contributed by atoms with E-state index in [1.165, 1.54) is 12.2 Å². The lowest BCUT2D eigenvalue weighted by Gasteiger charge is -2.26. The summed E-state index contributed by atoms with van der Waals surface area (Å²) in [5.41, 5.74) is -1.25. The standard InChI is InChI=1S/C18H11F4NO5S/c19-14-12-10-2-1-3-11(13(12)15(20)17(22)16(14)21)18(10)28-29(26,27)9-6-4-8(5-7-9)23(24)25/h1-2,4-7,10-11,18H,3H2. The Morgan fingerprint density at radius 1 is 0.966 bits per heavy atom. The van der Waals surface area contributed by atoms with Crippen LogP contribution in [0.3, 0.4) is 0 Å². The molecule has 4 rings (SSSR count). The molecular formula is C18H11F4NO5S. The zero-order valence-corrected chi connectivity index (χ0v) is 15.1. The summed E-state index contributed by atoms with van der Waals surface area (Å²) in [4.78, 5) is 9.59. The Bertz CT molecular complexity index is 1160. The van der Waals surface area contributed by atoms with E-state index in [0.717, 1.165) is 24.3 Å². The first-order chi connectivity index (χ1) is 13.6. The maximum atomic E-state index is 14.4.